The summed E-state index contributed by atoms with van der Waals surface area (Å²) in [5, 5.41) is 2.70. The number of carbonyl (C=O) groups excluding carboxylic acids is 1. The lowest BCUT2D eigenvalue weighted by atomic mass is 10.2. The van der Waals surface area contributed by atoms with Crippen molar-refractivity contribution in [1.82, 2.24) is 5.32 Å². The van der Waals surface area contributed by atoms with Crippen LogP contribution in [0.3, 0.4) is 0 Å². The van der Waals surface area contributed by atoms with Crippen molar-refractivity contribution in [3.05, 3.63) is 68.7 Å². The summed E-state index contributed by atoms with van der Waals surface area (Å²) in [6.45, 7) is 0.262. The van der Waals surface area contributed by atoms with Gasteiger partial charge in [-0.1, -0.05) is 23.2 Å². The van der Waals surface area contributed by atoms with Gasteiger partial charge in [0, 0.05) is 11.3 Å². The highest BCUT2D eigenvalue weighted by Gasteiger charge is 2.21. The zero-order valence-corrected chi connectivity index (χ0v) is 16.2. The summed E-state index contributed by atoms with van der Waals surface area (Å²) in [6, 6.07) is 10.8. The number of hydrogen-bond acceptors (Lipinski definition) is 5. The van der Waals surface area contributed by atoms with E-state index in [2.05, 4.69) is 10.0 Å². The van der Waals surface area contributed by atoms with Gasteiger partial charge in [0.2, 0.25) is 0 Å². The van der Waals surface area contributed by atoms with Crippen molar-refractivity contribution in [2.75, 3.05) is 4.72 Å². The highest BCUT2D eigenvalue weighted by molar-refractivity contribution is 7.93. The topological polar surface area (TPSA) is 88.4 Å². The van der Waals surface area contributed by atoms with Crippen molar-refractivity contribution in [1.29, 1.82) is 0 Å². The average molecular weight is 431 g/mol. The predicted octanol–water partition coefficient (Wildman–Crippen LogP) is 4.38. The van der Waals surface area contributed by atoms with Gasteiger partial charge in [0.05, 0.1) is 17.1 Å². The fourth-order valence-corrected chi connectivity index (χ4v) is 5.30. The molecule has 0 aliphatic rings. The summed E-state index contributed by atoms with van der Waals surface area (Å²) in [4.78, 5) is 12.0. The third-order valence-corrected chi connectivity index (χ3v) is 6.45. The van der Waals surface area contributed by atoms with Gasteiger partial charge in [-0.15, -0.1) is 11.3 Å². The Morgan fingerprint density at radius 2 is 1.88 bits per heavy atom. The predicted molar refractivity (Wildman–Crippen MR) is 101 cm³/mol. The van der Waals surface area contributed by atoms with Gasteiger partial charge in [-0.05, 0) is 42.5 Å². The van der Waals surface area contributed by atoms with Crippen LogP contribution in [0.5, 0.6) is 0 Å². The standard InChI is InChI=1S/C16H12Cl2N2O4S2/c17-14-8-13(15(18)25-14)26(22,23)20-11-5-3-10(4-6-11)16(21)19-9-12-2-1-7-24-12/h1-8,20H,9H2,(H,19,21). The van der Waals surface area contributed by atoms with Gasteiger partial charge >= 0.3 is 0 Å². The van der Waals surface area contributed by atoms with Gasteiger partial charge in [0.25, 0.3) is 15.9 Å². The van der Waals surface area contributed by atoms with E-state index in [-0.39, 0.29) is 26.0 Å². The molecule has 0 fully saturated rings. The van der Waals surface area contributed by atoms with Gasteiger partial charge in [-0.25, -0.2) is 8.42 Å². The SMILES string of the molecule is O=C(NCc1ccco1)c1ccc(NS(=O)(=O)c2cc(Cl)sc2Cl)cc1. The van der Waals surface area contributed by atoms with Gasteiger partial charge in [0.15, 0.2) is 0 Å². The van der Waals surface area contributed by atoms with Crippen LogP contribution in [0.15, 0.2) is 58.0 Å². The Labute approximate surface area is 163 Å². The van der Waals surface area contributed by atoms with Crippen LogP contribution in [0.1, 0.15) is 16.1 Å². The van der Waals surface area contributed by atoms with Crippen LogP contribution in [0.25, 0.3) is 0 Å². The largest absolute Gasteiger partial charge is 0.467 e. The van der Waals surface area contributed by atoms with E-state index >= 15 is 0 Å². The Morgan fingerprint density at radius 3 is 2.46 bits per heavy atom. The third kappa shape index (κ3) is 4.39. The minimum atomic E-state index is -3.87. The Hall–Kier alpha value is -2.00. The molecule has 3 rings (SSSR count). The molecule has 0 aliphatic carbocycles. The second kappa shape index (κ2) is 7.71. The van der Waals surface area contributed by atoms with E-state index in [4.69, 9.17) is 27.6 Å². The number of hydrogen-bond donors (Lipinski definition) is 2. The number of thiophene rings is 1. The molecule has 0 unspecified atom stereocenters. The minimum Gasteiger partial charge on any atom is -0.467 e. The summed E-state index contributed by atoms with van der Waals surface area (Å²) in [6.07, 6.45) is 1.52. The molecule has 10 heteroatoms. The minimum absolute atomic E-state index is 0.0800. The number of rotatable bonds is 6. The number of benzene rings is 1. The highest BCUT2D eigenvalue weighted by atomic mass is 35.5. The smallest absolute Gasteiger partial charge is 0.264 e. The first-order chi connectivity index (χ1) is 12.3. The molecule has 2 aromatic heterocycles. The molecule has 136 valence electrons. The Bertz CT molecular complexity index is 1010. The molecule has 1 aromatic carbocycles. The molecule has 0 aliphatic heterocycles. The number of halogens is 2. The number of carbonyl (C=O) groups is 1. The molecule has 6 nitrogen and oxygen atoms in total. The maximum atomic E-state index is 12.4. The lowest BCUT2D eigenvalue weighted by Gasteiger charge is -2.08. The van der Waals surface area contributed by atoms with Crippen LogP contribution in [0.2, 0.25) is 8.67 Å². The summed E-state index contributed by atoms with van der Waals surface area (Å²) in [5.74, 6) is 0.331. The number of furan rings is 1. The van der Waals surface area contributed by atoms with Crippen molar-refractivity contribution in [3.63, 3.8) is 0 Å². The van der Waals surface area contributed by atoms with Crippen LogP contribution < -0.4 is 10.0 Å². The number of amides is 1. The van der Waals surface area contributed by atoms with E-state index in [9.17, 15) is 13.2 Å². The number of nitrogens with one attached hydrogen (secondary N) is 2. The summed E-state index contributed by atoms with van der Waals surface area (Å²) in [5.41, 5.74) is 0.682. The van der Waals surface area contributed by atoms with Crippen molar-refractivity contribution < 1.29 is 17.6 Å². The quantitative estimate of drug-likeness (QED) is 0.607. The molecule has 0 bridgehead atoms. The first-order valence-corrected chi connectivity index (χ1v) is 10.3. The van der Waals surface area contributed by atoms with Gasteiger partial charge < -0.3 is 9.73 Å². The van der Waals surface area contributed by atoms with Gasteiger partial charge in [-0.3, -0.25) is 9.52 Å². The van der Waals surface area contributed by atoms with Crippen molar-refractivity contribution >= 4 is 56.2 Å². The number of anilines is 1. The summed E-state index contributed by atoms with van der Waals surface area (Å²) >= 11 is 12.7. The fourth-order valence-electron chi connectivity index (χ4n) is 2.09. The monoisotopic (exact) mass is 430 g/mol. The first kappa shape index (κ1) is 18.8. The molecule has 26 heavy (non-hydrogen) atoms. The van der Waals surface area contributed by atoms with Crippen molar-refractivity contribution in [2.45, 2.75) is 11.4 Å². The van der Waals surface area contributed by atoms with Crippen molar-refractivity contribution in [2.24, 2.45) is 0 Å². The molecule has 2 heterocycles. The van der Waals surface area contributed by atoms with E-state index in [1.165, 1.54) is 36.6 Å². The Morgan fingerprint density at radius 1 is 1.15 bits per heavy atom. The molecule has 0 saturated heterocycles. The molecular weight excluding hydrogens is 419 g/mol. The Kier molecular flexibility index (Phi) is 5.57. The zero-order chi connectivity index (χ0) is 18.7. The lowest BCUT2D eigenvalue weighted by Crippen LogP contribution is -2.22. The average Bonchev–Trinajstić information content (AvgIpc) is 3.22. The lowest BCUT2D eigenvalue weighted by molar-refractivity contribution is 0.0948. The number of sulfonamides is 1. The maximum Gasteiger partial charge on any atom is 0.264 e. The van der Waals surface area contributed by atoms with Crippen LogP contribution in [0.4, 0.5) is 5.69 Å². The van der Waals surface area contributed by atoms with E-state index < -0.39 is 10.0 Å². The molecule has 0 saturated carbocycles. The van der Waals surface area contributed by atoms with E-state index in [1.807, 2.05) is 0 Å². The fraction of sp³-hybridized carbons (Fsp3) is 0.0625. The van der Waals surface area contributed by atoms with Crippen molar-refractivity contribution in [3.8, 4) is 0 Å². The molecule has 3 aromatic rings. The summed E-state index contributed by atoms with van der Waals surface area (Å²) in [7, 11) is -3.87. The molecule has 0 radical (unpaired) electrons. The zero-order valence-electron chi connectivity index (χ0n) is 13.0. The molecule has 0 atom stereocenters. The van der Waals surface area contributed by atoms with E-state index in [0.29, 0.717) is 17.0 Å². The third-order valence-electron chi connectivity index (χ3n) is 3.32. The second-order valence-corrected chi connectivity index (χ2v) is 9.07. The normalized spacial score (nSPS) is 11.3. The Balaban J connectivity index is 1.67. The van der Waals surface area contributed by atoms with Crippen LogP contribution >= 0.6 is 34.5 Å². The maximum absolute atomic E-state index is 12.4. The second-order valence-electron chi connectivity index (χ2n) is 5.13. The highest BCUT2D eigenvalue weighted by Crippen LogP contribution is 2.35. The van der Waals surface area contributed by atoms with E-state index in [0.717, 1.165) is 11.3 Å². The molecular formula is C16H12Cl2N2O4S2. The summed E-state index contributed by atoms with van der Waals surface area (Å²) < 4.78 is 32.6. The molecule has 1 amide bonds. The van der Waals surface area contributed by atoms with E-state index in [1.54, 1.807) is 12.1 Å². The van der Waals surface area contributed by atoms with Crippen LogP contribution in [-0.4, -0.2) is 14.3 Å². The molecule has 2 N–H and O–H groups in total. The molecule has 0 spiro atoms. The van der Waals surface area contributed by atoms with Crippen LogP contribution in [-0.2, 0) is 16.6 Å². The first-order valence-electron chi connectivity index (χ1n) is 7.23. The van der Waals surface area contributed by atoms with Gasteiger partial charge in [0.1, 0.15) is 15.0 Å². The van der Waals surface area contributed by atoms with Crippen LogP contribution in [0, 0.1) is 0 Å². The van der Waals surface area contributed by atoms with Gasteiger partial charge in [-0.2, -0.15) is 0 Å².